The van der Waals surface area contributed by atoms with Gasteiger partial charge in [0.15, 0.2) is 5.96 Å². The summed E-state index contributed by atoms with van der Waals surface area (Å²) in [5.41, 5.74) is -0.257. The molecule has 0 aliphatic heterocycles. The summed E-state index contributed by atoms with van der Waals surface area (Å²) in [6.45, 7) is 6.72. The number of aryl methyl sites for hydroxylation is 1. The molecule has 1 aromatic heterocycles. The first-order valence-corrected chi connectivity index (χ1v) is 9.36. The van der Waals surface area contributed by atoms with E-state index < -0.39 is 5.60 Å². The number of hydrogen-bond donors (Lipinski definition) is 3. The number of aliphatic hydroxyl groups is 1. The third kappa shape index (κ3) is 6.01. The smallest absolute Gasteiger partial charge is 0.191 e. The minimum Gasteiger partial charge on any atom is -0.383 e. The van der Waals surface area contributed by atoms with Crippen LogP contribution in [0.5, 0.6) is 0 Å². The van der Waals surface area contributed by atoms with Crippen molar-refractivity contribution in [1.82, 2.24) is 25.3 Å². The van der Waals surface area contributed by atoms with Crippen LogP contribution < -0.4 is 10.6 Å². The third-order valence-corrected chi connectivity index (χ3v) is 4.92. The largest absolute Gasteiger partial charge is 0.383 e. The van der Waals surface area contributed by atoms with Crippen molar-refractivity contribution in [1.29, 1.82) is 0 Å². The highest BCUT2D eigenvalue weighted by Gasteiger charge is 2.24. The van der Waals surface area contributed by atoms with Crippen molar-refractivity contribution in [2.75, 3.05) is 33.2 Å². The molecule has 7 heteroatoms. The summed E-state index contributed by atoms with van der Waals surface area (Å²) in [6, 6.07) is 0.729. The van der Waals surface area contributed by atoms with E-state index in [0.29, 0.717) is 0 Å². The molecule has 3 N–H and O–H groups in total. The van der Waals surface area contributed by atoms with Crippen molar-refractivity contribution in [3.63, 3.8) is 0 Å². The van der Waals surface area contributed by atoms with E-state index in [2.05, 4.69) is 32.7 Å². The summed E-state index contributed by atoms with van der Waals surface area (Å²) in [5.74, 6) is 0.742. The Hall–Kier alpha value is -1.60. The fourth-order valence-corrected chi connectivity index (χ4v) is 3.24. The van der Waals surface area contributed by atoms with Gasteiger partial charge in [0.05, 0.1) is 12.7 Å². The van der Waals surface area contributed by atoms with Gasteiger partial charge < -0.3 is 20.6 Å². The molecular weight excluding hydrogens is 316 g/mol. The van der Waals surface area contributed by atoms with Gasteiger partial charge in [-0.25, -0.2) is 4.99 Å². The van der Waals surface area contributed by atoms with Crippen LogP contribution in [0.3, 0.4) is 0 Å². The van der Waals surface area contributed by atoms with Gasteiger partial charge in [-0.2, -0.15) is 5.10 Å². The molecule has 0 aromatic carbocycles. The van der Waals surface area contributed by atoms with Gasteiger partial charge in [-0.05, 0) is 33.7 Å². The van der Waals surface area contributed by atoms with Gasteiger partial charge in [0.2, 0.25) is 0 Å². The van der Waals surface area contributed by atoms with Crippen molar-refractivity contribution in [3.8, 4) is 0 Å². The molecule has 1 unspecified atom stereocenters. The Morgan fingerprint density at radius 1 is 1.44 bits per heavy atom. The Bertz CT molecular complexity index is 548. The number of aromatic nitrogens is 2. The number of aliphatic imine (C=N–C) groups is 1. The molecule has 0 bridgehead atoms. The number of hydrogen-bond acceptors (Lipinski definition) is 4. The monoisotopic (exact) mass is 350 g/mol. The Morgan fingerprint density at radius 3 is 2.76 bits per heavy atom. The second-order valence-corrected chi connectivity index (χ2v) is 7.22. The predicted octanol–water partition coefficient (Wildman–Crippen LogP) is 1.06. The number of guanidine groups is 1. The van der Waals surface area contributed by atoms with Crippen LogP contribution in [0.4, 0.5) is 0 Å². The van der Waals surface area contributed by atoms with Gasteiger partial charge >= 0.3 is 0 Å². The van der Waals surface area contributed by atoms with Gasteiger partial charge in [0.25, 0.3) is 0 Å². The van der Waals surface area contributed by atoms with E-state index >= 15 is 0 Å². The second kappa shape index (κ2) is 9.20. The first-order chi connectivity index (χ1) is 11.9. The van der Waals surface area contributed by atoms with Crippen molar-refractivity contribution >= 4 is 5.96 Å². The minimum atomic E-state index is -1.03. The van der Waals surface area contributed by atoms with Crippen molar-refractivity contribution in [3.05, 3.63) is 18.0 Å². The molecule has 1 fully saturated rings. The van der Waals surface area contributed by atoms with E-state index in [0.717, 1.165) is 37.2 Å². The highest BCUT2D eigenvalue weighted by molar-refractivity contribution is 5.79. The van der Waals surface area contributed by atoms with Gasteiger partial charge in [-0.15, -0.1) is 0 Å². The van der Waals surface area contributed by atoms with Crippen LogP contribution in [0, 0.1) is 0 Å². The van der Waals surface area contributed by atoms with E-state index in [4.69, 9.17) is 0 Å². The summed E-state index contributed by atoms with van der Waals surface area (Å²) in [4.78, 5) is 6.99. The van der Waals surface area contributed by atoms with Gasteiger partial charge in [-0.3, -0.25) is 4.68 Å². The lowest BCUT2D eigenvalue weighted by molar-refractivity contribution is 0.0671. The summed E-state index contributed by atoms with van der Waals surface area (Å²) < 4.78 is 1.69. The number of likely N-dealkylation sites (N-methyl/N-ethyl adjacent to an activating group) is 1. The van der Waals surface area contributed by atoms with Crippen LogP contribution in [-0.4, -0.2) is 65.0 Å². The quantitative estimate of drug-likeness (QED) is 0.483. The molecule has 1 aliphatic carbocycles. The second-order valence-electron chi connectivity index (χ2n) is 7.22. The zero-order valence-electron chi connectivity index (χ0n) is 16.1. The fourth-order valence-electron chi connectivity index (χ4n) is 3.24. The Balaban J connectivity index is 1.84. The average molecular weight is 351 g/mol. The average Bonchev–Trinajstić information content (AvgIpc) is 3.24. The molecule has 1 heterocycles. The maximum absolute atomic E-state index is 10.6. The van der Waals surface area contributed by atoms with E-state index in [1.54, 1.807) is 17.8 Å². The van der Waals surface area contributed by atoms with Gasteiger partial charge in [0.1, 0.15) is 5.60 Å². The summed E-state index contributed by atoms with van der Waals surface area (Å²) in [6.07, 6.45) is 8.86. The summed E-state index contributed by atoms with van der Waals surface area (Å²) in [5, 5.41) is 21.4. The van der Waals surface area contributed by atoms with Crippen molar-refractivity contribution in [2.45, 2.75) is 51.2 Å². The van der Waals surface area contributed by atoms with Crippen molar-refractivity contribution in [2.24, 2.45) is 12.0 Å². The maximum atomic E-state index is 10.6. The lowest BCUT2D eigenvalue weighted by atomic mass is 10.0. The van der Waals surface area contributed by atoms with Crippen LogP contribution in [0.15, 0.2) is 17.4 Å². The predicted molar refractivity (Wildman–Crippen MR) is 102 cm³/mol. The molecule has 0 amide bonds. The first-order valence-electron chi connectivity index (χ1n) is 9.36. The summed E-state index contributed by atoms with van der Waals surface area (Å²) >= 11 is 0. The highest BCUT2D eigenvalue weighted by atomic mass is 16.3. The minimum absolute atomic E-state index is 0.284. The summed E-state index contributed by atoms with van der Waals surface area (Å²) in [7, 11) is 4.05. The van der Waals surface area contributed by atoms with E-state index in [9.17, 15) is 5.11 Å². The molecule has 1 saturated carbocycles. The Labute approximate surface area is 151 Å². The molecule has 1 aromatic rings. The Kier molecular flexibility index (Phi) is 7.25. The molecule has 0 spiro atoms. The third-order valence-electron chi connectivity index (χ3n) is 4.92. The van der Waals surface area contributed by atoms with Gasteiger partial charge in [-0.1, -0.05) is 12.8 Å². The highest BCUT2D eigenvalue weighted by Crippen LogP contribution is 2.22. The SMILES string of the molecule is CCNC(=NCC(C)(O)c1cnn(C)c1)NCCN(C)C1CCCC1. The zero-order chi connectivity index (χ0) is 18.3. The lowest BCUT2D eigenvalue weighted by Gasteiger charge is -2.25. The van der Waals surface area contributed by atoms with Gasteiger partial charge in [0, 0.05) is 44.5 Å². The standard InChI is InChI=1S/C18H34N6O/c1-5-19-17(20-10-11-23(3)16-8-6-7-9-16)21-14-18(2,25)15-12-22-24(4)13-15/h12-13,16,25H,5-11,14H2,1-4H3,(H2,19,20,21). The van der Waals surface area contributed by atoms with Crippen LogP contribution in [0.2, 0.25) is 0 Å². The van der Waals surface area contributed by atoms with E-state index in [1.807, 2.05) is 20.2 Å². The maximum Gasteiger partial charge on any atom is 0.191 e. The molecule has 25 heavy (non-hydrogen) atoms. The number of nitrogens with one attached hydrogen (secondary N) is 2. The number of rotatable bonds is 8. The van der Waals surface area contributed by atoms with Crippen molar-refractivity contribution < 1.29 is 5.11 Å². The molecule has 1 aliphatic rings. The molecule has 0 radical (unpaired) electrons. The topological polar surface area (TPSA) is 77.7 Å². The normalized spacial score (nSPS) is 18.6. The number of nitrogens with zero attached hydrogens (tertiary/aromatic N) is 4. The lowest BCUT2D eigenvalue weighted by Crippen LogP contribution is -2.43. The van der Waals surface area contributed by atoms with Crippen LogP contribution >= 0.6 is 0 Å². The van der Waals surface area contributed by atoms with E-state index in [1.165, 1.54) is 25.7 Å². The van der Waals surface area contributed by atoms with E-state index in [-0.39, 0.29) is 6.54 Å². The zero-order valence-corrected chi connectivity index (χ0v) is 16.1. The molecule has 1 atom stereocenters. The molecule has 2 rings (SSSR count). The molecular formula is C18H34N6O. The first kappa shape index (κ1) is 19.7. The molecule has 0 saturated heterocycles. The molecule has 7 nitrogen and oxygen atoms in total. The molecule has 142 valence electrons. The van der Waals surface area contributed by atoms with Crippen LogP contribution in [0.1, 0.15) is 45.1 Å². The fraction of sp³-hybridized carbons (Fsp3) is 0.778. The Morgan fingerprint density at radius 2 is 2.16 bits per heavy atom. The van der Waals surface area contributed by atoms with Crippen LogP contribution in [0.25, 0.3) is 0 Å². The van der Waals surface area contributed by atoms with Crippen LogP contribution in [-0.2, 0) is 12.6 Å².